The largest absolute Gasteiger partial charge is 0.381 e. The molecule has 2 aromatic heterocycles. The van der Waals surface area contributed by atoms with E-state index in [2.05, 4.69) is 28.9 Å². The van der Waals surface area contributed by atoms with Crippen molar-refractivity contribution in [3.05, 3.63) is 65.4 Å². The molecule has 1 aliphatic rings. The highest BCUT2D eigenvalue weighted by molar-refractivity contribution is 7.13. The highest BCUT2D eigenvalue weighted by Crippen LogP contribution is 2.35. The van der Waals surface area contributed by atoms with Crippen molar-refractivity contribution >= 4 is 17.2 Å². The Morgan fingerprint density at radius 3 is 2.71 bits per heavy atom. The molecule has 0 saturated carbocycles. The van der Waals surface area contributed by atoms with Crippen LogP contribution in [-0.2, 0) is 28.4 Å². The van der Waals surface area contributed by atoms with E-state index in [0.29, 0.717) is 39.0 Å². The molecule has 3 heterocycles. The number of amides is 1. The molecule has 4 rings (SSSR count). The number of hydrogen-bond donors (Lipinski definition) is 1. The van der Waals surface area contributed by atoms with Gasteiger partial charge in [0.25, 0.3) is 0 Å². The molecule has 1 aromatic carbocycles. The number of nitrogens with zero attached hydrogens (tertiary/aromatic N) is 2. The van der Waals surface area contributed by atoms with Crippen LogP contribution in [0.25, 0.3) is 10.6 Å². The quantitative estimate of drug-likeness (QED) is 0.694. The zero-order valence-corrected chi connectivity index (χ0v) is 16.9. The molecule has 3 aromatic rings. The van der Waals surface area contributed by atoms with Crippen LogP contribution in [-0.4, -0.2) is 35.2 Å². The highest BCUT2D eigenvalue weighted by atomic mass is 32.1. The minimum atomic E-state index is -0.497. The monoisotopic (exact) mass is 395 g/mol. The lowest BCUT2D eigenvalue weighted by Crippen LogP contribution is -2.48. The molecule has 1 amide bonds. The first-order chi connectivity index (χ1) is 13.7. The second kappa shape index (κ2) is 8.29. The van der Waals surface area contributed by atoms with Crippen LogP contribution in [0.15, 0.2) is 54.0 Å². The van der Waals surface area contributed by atoms with Crippen LogP contribution < -0.4 is 5.32 Å². The molecule has 0 bridgehead atoms. The van der Waals surface area contributed by atoms with Gasteiger partial charge in [0.2, 0.25) is 5.91 Å². The number of rotatable bonds is 6. The molecule has 0 radical (unpaired) electrons. The molecule has 1 N–H and O–H groups in total. The standard InChI is InChI=1S/C22H25N3O2S/c1-25-16-18(19-8-5-15-28-19)24-20(25)9-12-23-21(26)22(10-13-27-14-11-22)17-6-3-2-4-7-17/h2-8,15-16H,9-14H2,1H3,(H,23,26). The second-order valence-corrected chi connectivity index (χ2v) is 8.14. The number of ether oxygens (including phenoxy) is 1. The van der Waals surface area contributed by atoms with Crippen LogP contribution in [0.4, 0.5) is 0 Å². The third-order valence-electron chi connectivity index (χ3n) is 5.49. The van der Waals surface area contributed by atoms with Gasteiger partial charge in [-0.3, -0.25) is 4.79 Å². The fourth-order valence-electron chi connectivity index (χ4n) is 3.86. The van der Waals surface area contributed by atoms with Gasteiger partial charge >= 0.3 is 0 Å². The lowest BCUT2D eigenvalue weighted by atomic mass is 9.73. The average Bonchev–Trinajstić information content (AvgIpc) is 3.39. The zero-order chi connectivity index (χ0) is 19.4. The molecule has 0 unspecified atom stereocenters. The van der Waals surface area contributed by atoms with Crippen LogP contribution in [0.2, 0.25) is 0 Å². The number of aryl methyl sites for hydroxylation is 1. The molecule has 0 spiro atoms. The molecule has 1 saturated heterocycles. The lowest BCUT2D eigenvalue weighted by molar-refractivity contribution is -0.130. The summed E-state index contributed by atoms with van der Waals surface area (Å²) < 4.78 is 7.58. The summed E-state index contributed by atoms with van der Waals surface area (Å²) >= 11 is 1.69. The summed E-state index contributed by atoms with van der Waals surface area (Å²) in [5.74, 6) is 1.07. The van der Waals surface area contributed by atoms with Gasteiger partial charge in [-0.25, -0.2) is 4.98 Å². The first kappa shape index (κ1) is 18.9. The van der Waals surface area contributed by atoms with Crippen molar-refractivity contribution in [1.82, 2.24) is 14.9 Å². The Kier molecular flexibility index (Phi) is 5.59. The molecular formula is C22H25N3O2S. The number of hydrogen-bond acceptors (Lipinski definition) is 4. The van der Waals surface area contributed by atoms with Crippen molar-refractivity contribution in [2.24, 2.45) is 7.05 Å². The average molecular weight is 396 g/mol. The lowest BCUT2D eigenvalue weighted by Gasteiger charge is -2.36. The van der Waals surface area contributed by atoms with E-state index < -0.39 is 5.41 Å². The van der Waals surface area contributed by atoms with Crippen LogP contribution in [0.1, 0.15) is 24.2 Å². The van der Waals surface area contributed by atoms with Crippen LogP contribution in [0.3, 0.4) is 0 Å². The summed E-state index contributed by atoms with van der Waals surface area (Å²) in [4.78, 5) is 19.1. The van der Waals surface area contributed by atoms with Gasteiger partial charge < -0.3 is 14.6 Å². The van der Waals surface area contributed by atoms with Gasteiger partial charge in [-0.1, -0.05) is 36.4 Å². The van der Waals surface area contributed by atoms with Gasteiger partial charge in [0.05, 0.1) is 16.0 Å². The van der Waals surface area contributed by atoms with E-state index in [4.69, 9.17) is 9.72 Å². The van der Waals surface area contributed by atoms with E-state index >= 15 is 0 Å². The van der Waals surface area contributed by atoms with Crippen molar-refractivity contribution in [3.8, 4) is 10.6 Å². The molecule has 6 heteroatoms. The minimum absolute atomic E-state index is 0.0923. The Balaban J connectivity index is 1.43. The van der Waals surface area contributed by atoms with E-state index in [0.717, 1.165) is 22.0 Å². The summed E-state index contributed by atoms with van der Waals surface area (Å²) in [6.45, 7) is 1.81. The molecule has 0 atom stereocenters. The summed E-state index contributed by atoms with van der Waals surface area (Å²) in [6.07, 6.45) is 4.18. The van der Waals surface area contributed by atoms with E-state index in [1.807, 2.05) is 42.1 Å². The Morgan fingerprint density at radius 2 is 2.00 bits per heavy atom. The van der Waals surface area contributed by atoms with Gasteiger partial charge in [-0.05, 0) is 29.9 Å². The summed E-state index contributed by atoms with van der Waals surface area (Å²) in [6, 6.07) is 14.2. The minimum Gasteiger partial charge on any atom is -0.381 e. The number of thiophene rings is 1. The second-order valence-electron chi connectivity index (χ2n) is 7.20. The third kappa shape index (κ3) is 3.75. The van der Waals surface area contributed by atoms with Crippen LogP contribution in [0, 0.1) is 0 Å². The van der Waals surface area contributed by atoms with Crippen molar-refractivity contribution in [2.75, 3.05) is 19.8 Å². The Morgan fingerprint density at radius 1 is 1.21 bits per heavy atom. The number of aromatic nitrogens is 2. The predicted octanol–water partition coefficient (Wildman–Crippen LogP) is 3.56. The topological polar surface area (TPSA) is 56.2 Å². The molecule has 28 heavy (non-hydrogen) atoms. The molecule has 5 nitrogen and oxygen atoms in total. The van der Waals surface area contributed by atoms with Gasteiger partial charge in [-0.2, -0.15) is 0 Å². The Hall–Kier alpha value is -2.44. The molecular weight excluding hydrogens is 370 g/mol. The fraction of sp³-hybridized carbons (Fsp3) is 0.364. The van der Waals surface area contributed by atoms with Crippen molar-refractivity contribution in [2.45, 2.75) is 24.7 Å². The van der Waals surface area contributed by atoms with Gasteiger partial charge in [0.1, 0.15) is 5.82 Å². The van der Waals surface area contributed by atoms with Gasteiger partial charge in [0.15, 0.2) is 0 Å². The van der Waals surface area contributed by atoms with E-state index in [-0.39, 0.29) is 5.91 Å². The first-order valence-electron chi connectivity index (χ1n) is 9.67. The number of carbonyl (C=O) groups excluding carboxylic acids is 1. The van der Waals surface area contributed by atoms with E-state index in [1.54, 1.807) is 11.3 Å². The number of imidazole rings is 1. The third-order valence-corrected chi connectivity index (χ3v) is 6.38. The van der Waals surface area contributed by atoms with Crippen molar-refractivity contribution in [3.63, 3.8) is 0 Å². The molecule has 146 valence electrons. The number of benzene rings is 1. The normalized spacial score (nSPS) is 16.0. The van der Waals surface area contributed by atoms with E-state index in [1.165, 1.54) is 0 Å². The summed E-state index contributed by atoms with van der Waals surface area (Å²) in [5.41, 5.74) is 1.57. The predicted molar refractivity (Wildman–Crippen MR) is 111 cm³/mol. The SMILES string of the molecule is Cn1cc(-c2cccs2)nc1CCNC(=O)C1(c2ccccc2)CCOCC1. The zero-order valence-electron chi connectivity index (χ0n) is 16.1. The smallest absolute Gasteiger partial charge is 0.230 e. The Labute approximate surface area is 169 Å². The van der Waals surface area contributed by atoms with Crippen LogP contribution in [0.5, 0.6) is 0 Å². The Bertz CT molecular complexity index is 913. The maximum Gasteiger partial charge on any atom is 0.230 e. The number of nitrogens with one attached hydrogen (secondary N) is 1. The van der Waals surface area contributed by atoms with Crippen molar-refractivity contribution < 1.29 is 9.53 Å². The maximum absolute atomic E-state index is 13.2. The number of carbonyl (C=O) groups is 1. The van der Waals surface area contributed by atoms with Crippen molar-refractivity contribution in [1.29, 1.82) is 0 Å². The molecule has 1 fully saturated rings. The van der Waals surface area contributed by atoms with Gasteiger partial charge in [0, 0.05) is 39.4 Å². The summed E-state index contributed by atoms with van der Waals surface area (Å²) in [5, 5.41) is 5.22. The van der Waals surface area contributed by atoms with Crippen LogP contribution >= 0.6 is 11.3 Å². The fourth-order valence-corrected chi connectivity index (χ4v) is 4.54. The maximum atomic E-state index is 13.2. The molecule has 1 aliphatic heterocycles. The molecule has 0 aliphatic carbocycles. The van der Waals surface area contributed by atoms with Gasteiger partial charge in [-0.15, -0.1) is 11.3 Å². The summed E-state index contributed by atoms with van der Waals surface area (Å²) in [7, 11) is 2.01. The first-order valence-corrected chi connectivity index (χ1v) is 10.5. The highest BCUT2D eigenvalue weighted by Gasteiger charge is 2.41. The van der Waals surface area contributed by atoms with E-state index in [9.17, 15) is 4.79 Å².